The smallest absolute Gasteiger partial charge is 0.0701 e. The van der Waals surface area contributed by atoms with Gasteiger partial charge in [0, 0.05) is 36.4 Å². The van der Waals surface area contributed by atoms with Gasteiger partial charge in [0.05, 0.1) is 3.79 Å². The van der Waals surface area contributed by atoms with Crippen molar-refractivity contribution in [3.8, 4) is 0 Å². The van der Waals surface area contributed by atoms with E-state index < -0.39 is 0 Å². The van der Waals surface area contributed by atoms with Gasteiger partial charge in [0.2, 0.25) is 0 Å². The Bertz CT molecular complexity index is 513. The molecule has 0 saturated heterocycles. The van der Waals surface area contributed by atoms with Crippen molar-refractivity contribution in [2.45, 2.75) is 26.9 Å². The zero-order chi connectivity index (χ0) is 12.4. The molecule has 0 amide bonds. The van der Waals surface area contributed by atoms with Crippen molar-refractivity contribution in [1.29, 1.82) is 0 Å². The van der Waals surface area contributed by atoms with Crippen LogP contribution in [0, 0.1) is 13.8 Å². The fourth-order valence-corrected chi connectivity index (χ4v) is 3.33. The molecule has 92 valence electrons. The van der Waals surface area contributed by atoms with Crippen LogP contribution >= 0.6 is 27.3 Å². The number of halogens is 1. The van der Waals surface area contributed by atoms with Gasteiger partial charge >= 0.3 is 0 Å². The minimum atomic E-state index is 0.934. The summed E-state index contributed by atoms with van der Waals surface area (Å²) in [5.74, 6) is 0. The predicted octanol–water partition coefficient (Wildman–Crippen LogP) is 3.76. The lowest BCUT2D eigenvalue weighted by atomic mass is 10.2. The Kier molecular flexibility index (Phi) is 4.07. The fourth-order valence-electron chi connectivity index (χ4n) is 1.88. The first-order valence-electron chi connectivity index (χ1n) is 5.64. The second kappa shape index (κ2) is 5.38. The minimum Gasteiger partial charge on any atom is -0.352 e. The van der Waals surface area contributed by atoms with Crippen LogP contribution in [0.1, 0.15) is 21.8 Å². The van der Waals surface area contributed by atoms with Gasteiger partial charge in [-0.1, -0.05) is 0 Å². The third-order valence-electron chi connectivity index (χ3n) is 3.12. The third kappa shape index (κ3) is 3.00. The molecule has 2 aromatic rings. The van der Waals surface area contributed by atoms with E-state index in [2.05, 4.69) is 64.9 Å². The largest absolute Gasteiger partial charge is 0.352 e. The maximum absolute atomic E-state index is 3.49. The zero-order valence-electron chi connectivity index (χ0n) is 10.4. The first kappa shape index (κ1) is 12.9. The van der Waals surface area contributed by atoms with Gasteiger partial charge in [-0.25, -0.2) is 0 Å². The normalized spacial score (nSPS) is 11.1. The van der Waals surface area contributed by atoms with E-state index in [0.717, 1.165) is 13.1 Å². The van der Waals surface area contributed by atoms with E-state index in [4.69, 9.17) is 0 Å². The molecule has 2 rings (SSSR count). The number of rotatable bonds is 4. The fraction of sp³-hybridized carbons (Fsp3) is 0.385. The van der Waals surface area contributed by atoms with Gasteiger partial charge in [-0.05, 0) is 53.5 Å². The van der Waals surface area contributed by atoms with Crippen molar-refractivity contribution >= 4 is 27.3 Å². The highest BCUT2D eigenvalue weighted by Crippen LogP contribution is 2.22. The molecule has 0 atom stereocenters. The summed E-state index contributed by atoms with van der Waals surface area (Å²) in [4.78, 5) is 1.36. The van der Waals surface area contributed by atoms with E-state index in [9.17, 15) is 0 Å². The number of nitrogens with one attached hydrogen (secondary N) is 1. The maximum Gasteiger partial charge on any atom is 0.0701 e. The van der Waals surface area contributed by atoms with Crippen LogP contribution in [0.2, 0.25) is 0 Å². The number of thiophene rings is 1. The summed E-state index contributed by atoms with van der Waals surface area (Å²) in [5.41, 5.74) is 4.06. The summed E-state index contributed by atoms with van der Waals surface area (Å²) in [6.07, 6.45) is 0. The SMILES string of the molecule is Cc1cc(CNCc2ccc(Br)s2)c(C)n1C. The molecule has 0 fully saturated rings. The molecule has 4 heteroatoms. The molecule has 2 heterocycles. The Morgan fingerprint density at radius 3 is 2.59 bits per heavy atom. The van der Waals surface area contributed by atoms with Crippen LogP contribution < -0.4 is 5.32 Å². The van der Waals surface area contributed by atoms with Crippen LogP contribution in [0.3, 0.4) is 0 Å². The average Bonchev–Trinajstić information content (AvgIpc) is 2.80. The van der Waals surface area contributed by atoms with Crippen molar-refractivity contribution in [2.75, 3.05) is 0 Å². The predicted molar refractivity (Wildman–Crippen MR) is 77.4 cm³/mol. The van der Waals surface area contributed by atoms with Gasteiger partial charge < -0.3 is 9.88 Å². The highest BCUT2D eigenvalue weighted by Gasteiger charge is 2.05. The summed E-state index contributed by atoms with van der Waals surface area (Å²) >= 11 is 5.27. The number of hydrogen-bond donors (Lipinski definition) is 1. The lowest BCUT2D eigenvalue weighted by molar-refractivity contribution is 0.694. The molecule has 0 aliphatic rings. The molecule has 0 saturated carbocycles. The first-order chi connectivity index (χ1) is 8.08. The van der Waals surface area contributed by atoms with E-state index in [1.165, 1.54) is 25.6 Å². The Labute approximate surface area is 115 Å². The molecule has 2 nitrogen and oxygen atoms in total. The molecule has 0 unspecified atom stereocenters. The van der Waals surface area contributed by atoms with Crippen LogP contribution in [0.5, 0.6) is 0 Å². The van der Waals surface area contributed by atoms with E-state index in [0.29, 0.717) is 0 Å². The molecule has 0 radical (unpaired) electrons. The average molecular weight is 313 g/mol. The number of aromatic nitrogens is 1. The standard InChI is InChI=1S/C13H17BrN2S/c1-9-6-11(10(2)16(9)3)7-15-8-12-4-5-13(14)17-12/h4-6,15H,7-8H2,1-3H3. The maximum atomic E-state index is 3.49. The van der Waals surface area contributed by atoms with Crippen LogP contribution in [0.25, 0.3) is 0 Å². The number of nitrogens with zero attached hydrogens (tertiary/aromatic N) is 1. The monoisotopic (exact) mass is 312 g/mol. The molecule has 0 spiro atoms. The molecule has 0 aliphatic heterocycles. The van der Waals surface area contributed by atoms with Gasteiger partial charge in [0.15, 0.2) is 0 Å². The second-order valence-corrected chi connectivity index (χ2v) is 6.81. The summed E-state index contributed by atoms with van der Waals surface area (Å²) in [5, 5.41) is 3.49. The highest BCUT2D eigenvalue weighted by molar-refractivity contribution is 9.11. The lowest BCUT2D eigenvalue weighted by Crippen LogP contribution is -2.12. The van der Waals surface area contributed by atoms with Crippen molar-refractivity contribution in [3.63, 3.8) is 0 Å². The summed E-state index contributed by atoms with van der Waals surface area (Å²) < 4.78 is 3.43. The topological polar surface area (TPSA) is 17.0 Å². The summed E-state index contributed by atoms with van der Waals surface area (Å²) in [7, 11) is 2.12. The second-order valence-electron chi connectivity index (χ2n) is 4.26. The van der Waals surface area contributed by atoms with Crippen molar-refractivity contribution in [1.82, 2.24) is 9.88 Å². The van der Waals surface area contributed by atoms with Crippen LogP contribution in [-0.2, 0) is 20.1 Å². The van der Waals surface area contributed by atoms with E-state index in [1.807, 2.05) is 0 Å². The van der Waals surface area contributed by atoms with Crippen LogP contribution in [0.15, 0.2) is 22.0 Å². The molecule has 0 aromatic carbocycles. The summed E-state index contributed by atoms with van der Waals surface area (Å²) in [6, 6.07) is 6.51. The van der Waals surface area contributed by atoms with Crippen molar-refractivity contribution in [3.05, 3.63) is 43.8 Å². The first-order valence-corrected chi connectivity index (χ1v) is 7.25. The third-order valence-corrected chi connectivity index (χ3v) is 4.75. The molecular weight excluding hydrogens is 296 g/mol. The molecule has 17 heavy (non-hydrogen) atoms. The number of hydrogen-bond acceptors (Lipinski definition) is 2. The summed E-state index contributed by atoms with van der Waals surface area (Å²) in [6.45, 7) is 6.19. The number of aryl methyl sites for hydroxylation is 1. The zero-order valence-corrected chi connectivity index (χ0v) is 12.8. The van der Waals surface area contributed by atoms with Gasteiger partial charge in [0.1, 0.15) is 0 Å². The van der Waals surface area contributed by atoms with Crippen molar-refractivity contribution < 1.29 is 0 Å². The Morgan fingerprint density at radius 2 is 2.06 bits per heavy atom. The Hall–Kier alpha value is -0.580. The Balaban J connectivity index is 1.92. The highest BCUT2D eigenvalue weighted by atomic mass is 79.9. The van der Waals surface area contributed by atoms with E-state index in [-0.39, 0.29) is 0 Å². The molecule has 1 N–H and O–H groups in total. The van der Waals surface area contributed by atoms with Gasteiger partial charge in [0.25, 0.3) is 0 Å². The van der Waals surface area contributed by atoms with E-state index in [1.54, 1.807) is 11.3 Å². The minimum absolute atomic E-state index is 0.934. The van der Waals surface area contributed by atoms with E-state index >= 15 is 0 Å². The quantitative estimate of drug-likeness (QED) is 0.909. The van der Waals surface area contributed by atoms with Gasteiger partial charge in [-0.15, -0.1) is 11.3 Å². The van der Waals surface area contributed by atoms with Crippen LogP contribution in [0.4, 0.5) is 0 Å². The van der Waals surface area contributed by atoms with Gasteiger partial charge in [-0.2, -0.15) is 0 Å². The molecule has 2 aromatic heterocycles. The lowest BCUT2D eigenvalue weighted by Gasteiger charge is -2.04. The Morgan fingerprint density at radius 1 is 1.29 bits per heavy atom. The van der Waals surface area contributed by atoms with Gasteiger partial charge in [-0.3, -0.25) is 0 Å². The molecular formula is C13H17BrN2S. The van der Waals surface area contributed by atoms with Crippen LogP contribution in [-0.4, -0.2) is 4.57 Å². The van der Waals surface area contributed by atoms with Crippen molar-refractivity contribution in [2.24, 2.45) is 7.05 Å². The molecule has 0 aliphatic carbocycles. The molecule has 0 bridgehead atoms.